The quantitative estimate of drug-likeness (QED) is 0.201. The van der Waals surface area contributed by atoms with Gasteiger partial charge < -0.3 is 4.57 Å². The number of nitrogens with zero attached hydrogens (tertiary/aromatic N) is 5. The van der Waals surface area contributed by atoms with Gasteiger partial charge in [0.15, 0.2) is 11.0 Å². The molecule has 0 saturated heterocycles. The van der Waals surface area contributed by atoms with Crippen LogP contribution < -0.4 is 4.90 Å². The highest BCUT2D eigenvalue weighted by molar-refractivity contribution is 7.99. The van der Waals surface area contributed by atoms with Crippen LogP contribution in [0.2, 0.25) is 0 Å². The third-order valence-electron chi connectivity index (χ3n) is 4.97. The number of anilines is 2. The molecule has 4 rings (SSSR count). The van der Waals surface area contributed by atoms with Crippen LogP contribution in [0.1, 0.15) is 6.92 Å². The minimum Gasteiger partial charge on any atom is -0.302 e. The van der Waals surface area contributed by atoms with E-state index in [1.54, 1.807) is 17.0 Å². The van der Waals surface area contributed by atoms with E-state index in [1.165, 1.54) is 23.9 Å². The summed E-state index contributed by atoms with van der Waals surface area (Å²) in [7, 11) is 0. The molecule has 0 aliphatic rings. The van der Waals surface area contributed by atoms with Crippen molar-refractivity contribution < 1.29 is 9.72 Å². The van der Waals surface area contributed by atoms with E-state index >= 15 is 0 Å². The fourth-order valence-electron chi connectivity index (χ4n) is 3.41. The highest BCUT2D eigenvalue weighted by atomic mass is 32.2. The number of aromatic nitrogens is 3. The SMILES string of the molecule is CCn1c(SCC(=O)N(c2ccccc2)c2ccccc2)nnc1-c1ccc([N+](=O)[O-])cc1. The number of thioether (sulfide) groups is 1. The number of nitro benzene ring substituents is 1. The smallest absolute Gasteiger partial charge is 0.269 e. The molecule has 0 saturated carbocycles. The molecule has 1 aromatic heterocycles. The minimum atomic E-state index is -0.438. The molecule has 1 heterocycles. The average Bonchev–Trinajstić information content (AvgIpc) is 3.27. The number of para-hydroxylation sites is 2. The predicted octanol–water partition coefficient (Wildman–Crippen LogP) is 5.33. The fraction of sp³-hybridized carbons (Fsp3) is 0.125. The Morgan fingerprint density at radius 3 is 2.03 bits per heavy atom. The molecule has 0 aliphatic carbocycles. The molecule has 0 unspecified atom stereocenters. The molecular weight excluding hydrogens is 438 g/mol. The molecule has 33 heavy (non-hydrogen) atoms. The molecule has 3 aromatic carbocycles. The maximum absolute atomic E-state index is 13.3. The van der Waals surface area contributed by atoms with Crippen LogP contribution in [0.25, 0.3) is 11.4 Å². The van der Waals surface area contributed by atoms with Crippen LogP contribution in [-0.4, -0.2) is 31.3 Å². The summed E-state index contributed by atoms with van der Waals surface area (Å²) in [4.78, 5) is 25.5. The van der Waals surface area contributed by atoms with Gasteiger partial charge in [0.05, 0.1) is 10.7 Å². The number of benzene rings is 3. The molecule has 9 heteroatoms. The van der Waals surface area contributed by atoms with E-state index in [4.69, 9.17) is 0 Å². The Hall–Kier alpha value is -3.98. The zero-order valence-electron chi connectivity index (χ0n) is 17.9. The van der Waals surface area contributed by atoms with Gasteiger partial charge in [0, 0.05) is 35.6 Å². The first-order valence-electron chi connectivity index (χ1n) is 10.3. The molecule has 166 valence electrons. The molecule has 8 nitrogen and oxygen atoms in total. The molecule has 4 aromatic rings. The lowest BCUT2D eigenvalue weighted by molar-refractivity contribution is -0.384. The number of carbonyl (C=O) groups excluding carboxylic acids is 1. The number of hydrogen-bond donors (Lipinski definition) is 0. The number of carbonyl (C=O) groups is 1. The monoisotopic (exact) mass is 459 g/mol. The van der Waals surface area contributed by atoms with E-state index in [2.05, 4.69) is 10.2 Å². The topological polar surface area (TPSA) is 94.2 Å². The van der Waals surface area contributed by atoms with Crippen molar-refractivity contribution in [2.75, 3.05) is 10.7 Å². The van der Waals surface area contributed by atoms with Gasteiger partial charge >= 0.3 is 0 Å². The highest BCUT2D eigenvalue weighted by Gasteiger charge is 2.20. The zero-order valence-corrected chi connectivity index (χ0v) is 18.7. The number of hydrogen-bond acceptors (Lipinski definition) is 6. The Balaban J connectivity index is 1.55. The predicted molar refractivity (Wildman–Crippen MR) is 129 cm³/mol. The van der Waals surface area contributed by atoms with Crippen molar-refractivity contribution in [3.05, 3.63) is 95.0 Å². The van der Waals surface area contributed by atoms with E-state index in [0.717, 1.165) is 16.9 Å². The number of amides is 1. The molecule has 0 spiro atoms. The number of non-ortho nitro benzene ring substituents is 1. The van der Waals surface area contributed by atoms with Gasteiger partial charge in [-0.15, -0.1) is 10.2 Å². The molecular formula is C24H21N5O3S. The van der Waals surface area contributed by atoms with E-state index in [0.29, 0.717) is 17.5 Å². The zero-order chi connectivity index (χ0) is 23.2. The second-order valence-corrected chi connectivity index (χ2v) is 7.99. The first-order valence-corrected chi connectivity index (χ1v) is 11.3. The highest BCUT2D eigenvalue weighted by Crippen LogP contribution is 2.29. The second kappa shape index (κ2) is 10.1. The molecule has 1 amide bonds. The Labute approximate surface area is 195 Å². The van der Waals surface area contributed by atoms with Crippen molar-refractivity contribution in [3.63, 3.8) is 0 Å². The number of rotatable bonds is 8. The van der Waals surface area contributed by atoms with E-state index < -0.39 is 4.92 Å². The van der Waals surface area contributed by atoms with Gasteiger partial charge in [0.1, 0.15) is 0 Å². The van der Waals surface area contributed by atoms with Crippen LogP contribution in [0.3, 0.4) is 0 Å². The summed E-state index contributed by atoms with van der Waals surface area (Å²) in [6.07, 6.45) is 0. The summed E-state index contributed by atoms with van der Waals surface area (Å²) < 4.78 is 1.90. The van der Waals surface area contributed by atoms with Crippen LogP contribution in [0.4, 0.5) is 17.1 Å². The fourth-order valence-corrected chi connectivity index (χ4v) is 4.26. The molecule has 0 atom stereocenters. The molecule has 0 fully saturated rings. The van der Waals surface area contributed by atoms with Crippen molar-refractivity contribution >= 4 is 34.7 Å². The van der Waals surface area contributed by atoms with Crippen molar-refractivity contribution in [1.82, 2.24) is 14.8 Å². The van der Waals surface area contributed by atoms with Gasteiger partial charge in [-0.1, -0.05) is 48.2 Å². The van der Waals surface area contributed by atoms with Crippen LogP contribution in [-0.2, 0) is 11.3 Å². The Bertz CT molecular complexity index is 1200. The van der Waals surface area contributed by atoms with Crippen LogP contribution in [0, 0.1) is 10.1 Å². The first-order chi connectivity index (χ1) is 16.1. The van der Waals surface area contributed by atoms with Gasteiger partial charge in [-0.2, -0.15) is 0 Å². The van der Waals surface area contributed by atoms with Crippen molar-refractivity contribution in [1.29, 1.82) is 0 Å². The average molecular weight is 460 g/mol. The van der Waals surface area contributed by atoms with Gasteiger partial charge in [-0.3, -0.25) is 19.8 Å². The minimum absolute atomic E-state index is 0.0171. The normalized spacial score (nSPS) is 10.7. The summed E-state index contributed by atoms with van der Waals surface area (Å²) in [5, 5.41) is 20.1. The maximum atomic E-state index is 13.3. The lowest BCUT2D eigenvalue weighted by Gasteiger charge is -2.23. The maximum Gasteiger partial charge on any atom is 0.269 e. The van der Waals surface area contributed by atoms with E-state index in [1.807, 2.05) is 72.2 Å². The summed E-state index contributed by atoms with van der Waals surface area (Å²) >= 11 is 1.31. The van der Waals surface area contributed by atoms with Crippen molar-refractivity contribution in [2.45, 2.75) is 18.6 Å². The van der Waals surface area contributed by atoms with Crippen LogP contribution >= 0.6 is 11.8 Å². The van der Waals surface area contributed by atoms with E-state index in [9.17, 15) is 14.9 Å². The summed E-state index contributed by atoms with van der Waals surface area (Å²) in [6.45, 7) is 2.56. The van der Waals surface area contributed by atoms with Gasteiger partial charge in [0.25, 0.3) is 5.69 Å². The Kier molecular flexibility index (Phi) is 6.80. The van der Waals surface area contributed by atoms with Crippen LogP contribution in [0.5, 0.6) is 0 Å². The summed E-state index contributed by atoms with van der Waals surface area (Å²) in [5.74, 6) is 0.688. The van der Waals surface area contributed by atoms with E-state index in [-0.39, 0.29) is 17.3 Å². The molecule has 0 N–H and O–H groups in total. The molecule has 0 bridgehead atoms. The standard InChI is InChI=1S/C24H21N5O3S/c1-2-27-23(18-13-15-21(16-14-18)29(31)32)25-26-24(27)33-17-22(30)28(19-9-5-3-6-10-19)20-11-7-4-8-12-20/h3-16H,2,17H2,1H3. The lowest BCUT2D eigenvalue weighted by Crippen LogP contribution is -2.27. The molecule has 0 radical (unpaired) electrons. The number of nitro groups is 1. The summed E-state index contributed by atoms with van der Waals surface area (Å²) in [6, 6.07) is 25.2. The Morgan fingerprint density at radius 2 is 1.52 bits per heavy atom. The van der Waals surface area contributed by atoms with Gasteiger partial charge in [0.2, 0.25) is 5.91 Å². The third-order valence-corrected chi connectivity index (χ3v) is 5.92. The van der Waals surface area contributed by atoms with Crippen molar-refractivity contribution in [3.8, 4) is 11.4 Å². The van der Waals surface area contributed by atoms with Crippen molar-refractivity contribution in [2.24, 2.45) is 0 Å². The third kappa shape index (κ3) is 4.93. The largest absolute Gasteiger partial charge is 0.302 e. The second-order valence-electron chi connectivity index (χ2n) is 7.04. The van der Waals surface area contributed by atoms with Crippen LogP contribution in [0.15, 0.2) is 90.1 Å². The molecule has 0 aliphatic heterocycles. The summed E-state index contributed by atoms with van der Waals surface area (Å²) in [5.41, 5.74) is 2.32. The van der Waals surface area contributed by atoms with Gasteiger partial charge in [-0.05, 0) is 43.3 Å². The Morgan fingerprint density at radius 1 is 0.939 bits per heavy atom. The first kappa shape index (κ1) is 22.2. The van der Waals surface area contributed by atoms with Gasteiger partial charge in [-0.25, -0.2) is 0 Å². The lowest BCUT2D eigenvalue weighted by atomic mass is 10.2.